The van der Waals surface area contributed by atoms with Crippen LogP contribution in [0.25, 0.3) is 0 Å². The second-order valence-corrected chi connectivity index (χ2v) is 28.2. The summed E-state index contributed by atoms with van der Waals surface area (Å²) in [6, 6.07) is 19.2. The molecular weight excluding hydrogens is 561 g/mol. The lowest BCUT2D eigenvalue weighted by Gasteiger charge is -2.77. The Morgan fingerprint density at radius 3 is 1.32 bits per heavy atom. The van der Waals surface area contributed by atoms with Gasteiger partial charge in [0.15, 0.2) is 0 Å². The summed E-state index contributed by atoms with van der Waals surface area (Å²) in [6.45, 7) is 14.4. The maximum Gasteiger partial charge on any atom is 0.129 e. The van der Waals surface area contributed by atoms with Gasteiger partial charge in [0, 0.05) is 16.5 Å². The number of rotatable bonds is 3. The lowest BCUT2D eigenvalue weighted by molar-refractivity contribution is -0.234. The highest BCUT2D eigenvalue weighted by molar-refractivity contribution is 6.84. The van der Waals surface area contributed by atoms with Gasteiger partial charge in [0.2, 0.25) is 0 Å². The molecule has 2 unspecified atom stereocenters. The first kappa shape index (κ1) is 29.4. The molecule has 8 bridgehead atoms. The van der Waals surface area contributed by atoms with Gasteiger partial charge in [-0.25, -0.2) is 0 Å². The van der Waals surface area contributed by atoms with Crippen LogP contribution in [0.15, 0.2) is 48.5 Å². The van der Waals surface area contributed by atoms with Crippen LogP contribution in [-0.2, 0) is 5.41 Å². The molecular formula is C42H54Si2. The predicted octanol–water partition coefficient (Wildman–Crippen LogP) is 10.5. The van der Waals surface area contributed by atoms with Crippen molar-refractivity contribution >= 4 is 16.1 Å². The summed E-state index contributed by atoms with van der Waals surface area (Å²) in [4.78, 5) is 0. The van der Waals surface area contributed by atoms with E-state index in [4.69, 9.17) is 0 Å². The molecule has 0 N–H and O–H groups in total. The van der Waals surface area contributed by atoms with Crippen molar-refractivity contribution < 1.29 is 0 Å². The van der Waals surface area contributed by atoms with Crippen LogP contribution in [0.2, 0.25) is 39.3 Å². The first-order valence-electron chi connectivity index (χ1n) is 18.2. The highest BCUT2D eigenvalue weighted by Crippen LogP contribution is 2.81. The van der Waals surface area contributed by atoms with E-state index in [-0.39, 0.29) is 5.41 Å². The molecule has 2 heteroatoms. The number of hydrogen-bond donors (Lipinski definition) is 0. The average Bonchev–Trinajstić information content (AvgIpc) is 2.94. The predicted molar refractivity (Wildman–Crippen MR) is 191 cm³/mol. The van der Waals surface area contributed by atoms with Gasteiger partial charge in [-0.05, 0) is 140 Å². The molecule has 8 saturated carbocycles. The van der Waals surface area contributed by atoms with Gasteiger partial charge in [-0.3, -0.25) is 0 Å². The molecule has 8 aliphatic rings. The van der Waals surface area contributed by atoms with E-state index in [9.17, 15) is 0 Å². The van der Waals surface area contributed by atoms with Crippen molar-refractivity contribution in [3.63, 3.8) is 0 Å². The highest BCUT2D eigenvalue weighted by atomic mass is 28.3. The van der Waals surface area contributed by atoms with E-state index in [1.807, 2.05) is 0 Å². The van der Waals surface area contributed by atoms with Crippen LogP contribution in [0.5, 0.6) is 0 Å². The normalized spacial score (nSPS) is 37.7. The fourth-order valence-electron chi connectivity index (χ4n) is 13.1. The molecule has 0 aromatic heterocycles. The summed E-state index contributed by atoms with van der Waals surface area (Å²) >= 11 is 0. The summed E-state index contributed by atoms with van der Waals surface area (Å²) in [7, 11) is -3.10. The summed E-state index contributed by atoms with van der Waals surface area (Å²) in [5.41, 5.74) is 14.3. The van der Waals surface area contributed by atoms with Gasteiger partial charge in [-0.2, -0.15) is 0 Å². The lowest BCUT2D eigenvalue weighted by Crippen LogP contribution is -2.71. The Hall–Kier alpha value is -2.01. The van der Waals surface area contributed by atoms with E-state index in [0.717, 1.165) is 29.6 Å². The van der Waals surface area contributed by atoms with E-state index in [2.05, 4.69) is 111 Å². The molecule has 0 aliphatic heterocycles. The third-order valence-corrected chi connectivity index (χ3v) is 15.2. The highest BCUT2D eigenvalue weighted by Gasteiger charge is 2.75. The van der Waals surface area contributed by atoms with Crippen molar-refractivity contribution in [1.29, 1.82) is 0 Å². The van der Waals surface area contributed by atoms with Crippen LogP contribution in [0, 0.1) is 69.3 Å². The van der Waals surface area contributed by atoms with Crippen LogP contribution in [0.3, 0.4) is 0 Å². The zero-order valence-corrected chi connectivity index (χ0v) is 30.4. The minimum Gasteiger partial charge on any atom is -0.127 e. The van der Waals surface area contributed by atoms with Crippen LogP contribution < -0.4 is 0 Å². The van der Waals surface area contributed by atoms with Gasteiger partial charge in [0.1, 0.15) is 16.1 Å². The van der Waals surface area contributed by atoms with Crippen molar-refractivity contribution in [3.05, 3.63) is 70.8 Å². The van der Waals surface area contributed by atoms with Crippen LogP contribution in [0.4, 0.5) is 0 Å². The molecule has 0 nitrogen and oxygen atoms in total. The van der Waals surface area contributed by atoms with Crippen LogP contribution in [-0.4, -0.2) is 16.1 Å². The lowest BCUT2D eigenvalue weighted by atomic mass is 9.27. The monoisotopic (exact) mass is 614 g/mol. The number of benzene rings is 2. The first-order valence-corrected chi connectivity index (χ1v) is 25.2. The molecule has 2 atom stereocenters. The molecule has 44 heavy (non-hydrogen) atoms. The molecule has 10 rings (SSSR count). The van der Waals surface area contributed by atoms with Crippen molar-refractivity contribution in [3.8, 4) is 22.9 Å². The van der Waals surface area contributed by atoms with Crippen molar-refractivity contribution in [2.45, 2.75) is 115 Å². The third-order valence-electron chi connectivity index (χ3n) is 13.4. The smallest absolute Gasteiger partial charge is 0.127 e. The SMILES string of the molecule is C[Si](C)(C)C#Cc1ccccc1C1(c2ccccc2C#C[Si](C)(C)C)C2CC3CC(C2)CC1(C12CC4CC(CC(C4)C1)C2)C3. The molecule has 0 saturated heterocycles. The van der Waals surface area contributed by atoms with E-state index in [1.165, 1.54) is 81.8 Å². The maximum atomic E-state index is 3.91. The van der Waals surface area contributed by atoms with Gasteiger partial charge in [-0.15, -0.1) is 11.1 Å². The molecule has 0 spiro atoms. The van der Waals surface area contributed by atoms with Crippen molar-refractivity contribution in [2.24, 2.45) is 46.3 Å². The van der Waals surface area contributed by atoms with Crippen molar-refractivity contribution in [1.82, 2.24) is 0 Å². The minimum atomic E-state index is -1.55. The van der Waals surface area contributed by atoms with Gasteiger partial charge in [-0.1, -0.05) is 87.5 Å². The van der Waals surface area contributed by atoms with E-state index in [0.29, 0.717) is 16.7 Å². The van der Waals surface area contributed by atoms with Gasteiger partial charge in [0.25, 0.3) is 0 Å². The summed E-state index contributed by atoms with van der Waals surface area (Å²) < 4.78 is 0. The van der Waals surface area contributed by atoms with E-state index >= 15 is 0 Å². The molecule has 0 amide bonds. The second-order valence-electron chi connectivity index (χ2n) is 18.7. The Kier molecular flexibility index (Phi) is 6.68. The molecule has 2 aromatic rings. The molecule has 0 radical (unpaired) electrons. The van der Waals surface area contributed by atoms with Gasteiger partial charge in [0.05, 0.1) is 0 Å². The van der Waals surface area contributed by atoms with E-state index < -0.39 is 16.1 Å². The fourth-order valence-corrected chi connectivity index (χ4v) is 14.1. The van der Waals surface area contributed by atoms with E-state index in [1.54, 1.807) is 11.1 Å². The quantitative estimate of drug-likeness (QED) is 0.238. The Morgan fingerprint density at radius 1 is 0.523 bits per heavy atom. The summed E-state index contributed by atoms with van der Waals surface area (Å²) in [5.74, 6) is 13.2. The topological polar surface area (TPSA) is 0 Å². The van der Waals surface area contributed by atoms with Gasteiger partial charge >= 0.3 is 0 Å². The zero-order valence-electron chi connectivity index (χ0n) is 28.4. The Morgan fingerprint density at radius 2 is 0.909 bits per heavy atom. The maximum absolute atomic E-state index is 3.91. The standard InChI is InChI=1S/C42H54Si2/c1-43(2,3)17-15-35-11-7-9-13-38(35)42(39-14-10-8-12-36(39)16-18-44(4,5)6)37-23-33-22-34(24-37)29-41(42,28-33)40-25-30-19-31(26-40)21-32(20-30)27-40/h7-14,30-34,37H,19-29H2,1-6H3. The van der Waals surface area contributed by atoms with Crippen LogP contribution in [0.1, 0.15) is 92.9 Å². The third kappa shape index (κ3) is 4.44. The summed E-state index contributed by atoms with van der Waals surface area (Å²) in [6.07, 6.45) is 16.2. The van der Waals surface area contributed by atoms with Gasteiger partial charge < -0.3 is 0 Å². The Balaban J connectivity index is 1.46. The second kappa shape index (κ2) is 10.00. The minimum absolute atomic E-state index is 0.0124. The molecule has 0 heterocycles. The zero-order chi connectivity index (χ0) is 30.5. The molecule has 2 aromatic carbocycles. The average molecular weight is 615 g/mol. The summed E-state index contributed by atoms with van der Waals surface area (Å²) in [5, 5.41) is 0. The fraction of sp³-hybridized carbons (Fsp3) is 0.619. The van der Waals surface area contributed by atoms with Crippen molar-refractivity contribution in [2.75, 3.05) is 0 Å². The Bertz CT molecular complexity index is 1470. The number of hydrogen-bond acceptors (Lipinski definition) is 0. The first-order chi connectivity index (χ1) is 20.9. The molecule has 230 valence electrons. The molecule has 8 fully saturated rings. The Labute approximate surface area is 270 Å². The van der Waals surface area contributed by atoms with Crippen LogP contribution >= 0.6 is 0 Å². The largest absolute Gasteiger partial charge is 0.129 e. The molecule has 8 aliphatic carbocycles.